The van der Waals surface area contributed by atoms with Crippen molar-refractivity contribution in [3.05, 3.63) is 35.1 Å². The van der Waals surface area contributed by atoms with Crippen LogP contribution in [0.3, 0.4) is 0 Å². The summed E-state index contributed by atoms with van der Waals surface area (Å²) in [6.45, 7) is 7.04. The van der Waals surface area contributed by atoms with Gasteiger partial charge in [-0.1, -0.05) is 31.1 Å². The maximum absolute atomic E-state index is 14.3. The molecule has 2 rings (SSSR count). The summed E-state index contributed by atoms with van der Waals surface area (Å²) in [5.41, 5.74) is 6.61. The number of halogens is 1. The van der Waals surface area contributed by atoms with E-state index in [2.05, 4.69) is 23.9 Å². The highest BCUT2D eigenvalue weighted by Gasteiger charge is 2.25. The predicted octanol–water partition coefficient (Wildman–Crippen LogP) is 2.54. The van der Waals surface area contributed by atoms with Crippen LogP contribution in [0.5, 0.6) is 0 Å². The van der Waals surface area contributed by atoms with Crippen LogP contribution in [0.15, 0.2) is 23.4 Å². The van der Waals surface area contributed by atoms with E-state index in [9.17, 15) is 4.39 Å². The molecule has 0 unspecified atom stereocenters. The summed E-state index contributed by atoms with van der Waals surface area (Å²) in [7, 11) is 0. The average Bonchev–Trinajstić information content (AvgIpc) is 2.42. The highest BCUT2D eigenvalue weighted by atomic mass is 19.1. The molecule has 0 amide bonds. The van der Waals surface area contributed by atoms with Crippen LogP contribution in [-0.2, 0) is 6.54 Å². The zero-order chi connectivity index (χ0) is 14.8. The zero-order valence-corrected chi connectivity index (χ0v) is 12.1. The Morgan fingerprint density at radius 1 is 1.40 bits per heavy atom. The van der Waals surface area contributed by atoms with Gasteiger partial charge in [0.15, 0.2) is 5.84 Å². The topological polar surface area (TPSA) is 61.8 Å². The minimum atomic E-state index is -0.396. The maximum atomic E-state index is 14.3. The Hall–Kier alpha value is -1.62. The number of hydrogen-bond donors (Lipinski definition) is 2. The standard InChI is InChI=1S/C15H22FN3O/c1-15(2)6-8-19(9-7-15)10-11-4-3-5-12(13(11)16)14(17)18-20/h3-5,20H,6-10H2,1-2H3,(H2,17,18). The molecule has 1 heterocycles. The molecule has 1 fully saturated rings. The van der Waals surface area contributed by atoms with Gasteiger partial charge in [0, 0.05) is 12.1 Å². The Bertz CT molecular complexity index is 504. The Kier molecular flexibility index (Phi) is 4.28. The van der Waals surface area contributed by atoms with E-state index >= 15 is 0 Å². The molecule has 0 aliphatic carbocycles. The minimum Gasteiger partial charge on any atom is -0.409 e. The summed E-state index contributed by atoms with van der Waals surface area (Å²) in [6, 6.07) is 5.01. The van der Waals surface area contributed by atoms with Gasteiger partial charge in [-0.05, 0) is 37.4 Å². The molecule has 1 aliphatic heterocycles. The van der Waals surface area contributed by atoms with Crippen molar-refractivity contribution in [1.29, 1.82) is 0 Å². The van der Waals surface area contributed by atoms with E-state index in [0.29, 0.717) is 17.5 Å². The van der Waals surface area contributed by atoms with E-state index in [4.69, 9.17) is 10.9 Å². The van der Waals surface area contributed by atoms with Gasteiger partial charge in [-0.2, -0.15) is 0 Å². The summed E-state index contributed by atoms with van der Waals surface area (Å²) >= 11 is 0. The molecule has 0 saturated carbocycles. The van der Waals surface area contributed by atoms with Crippen LogP contribution < -0.4 is 5.73 Å². The highest BCUT2D eigenvalue weighted by Crippen LogP contribution is 2.30. The Balaban J connectivity index is 2.11. The van der Waals surface area contributed by atoms with Gasteiger partial charge in [-0.15, -0.1) is 0 Å². The number of benzene rings is 1. The Morgan fingerprint density at radius 2 is 2.05 bits per heavy atom. The quantitative estimate of drug-likeness (QED) is 0.387. The van der Waals surface area contributed by atoms with E-state index < -0.39 is 5.82 Å². The number of oxime groups is 1. The molecule has 0 atom stereocenters. The van der Waals surface area contributed by atoms with Gasteiger partial charge in [0.05, 0.1) is 5.56 Å². The largest absolute Gasteiger partial charge is 0.409 e. The van der Waals surface area contributed by atoms with Crippen LogP contribution in [-0.4, -0.2) is 29.0 Å². The Morgan fingerprint density at radius 3 is 2.65 bits per heavy atom. The number of nitrogens with two attached hydrogens (primary N) is 1. The summed E-state index contributed by atoms with van der Waals surface area (Å²) in [6.07, 6.45) is 2.24. The highest BCUT2D eigenvalue weighted by molar-refractivity contribution is 5.97. The van der Waals surface area contributed by atoms with Crippen molar-refractivity contribution >= 4 is 5.84 Å². The molecule has 4 nitrogen and oxygen atoms in total. The normalized spacial score (nSPS) is 20.1. The van der Waals surface area contributed by atoms with Gasteiger partial charge in [-0.25, -0.2) is 4.39 Å². The number of rotatable bonds is 3. The average molecular weight is 279 g/mol. The molecule has 1 saturated heterocycles. The molecular weight excluding hydrogens is 257 g/mol. The van der Waals surface area contributed by atoms with E-state index in [1.54, 1.807) is 12.1 Å². The second-order valence-corrected chi connectivity index (χ2v) is 6.20. The summed E-state index contributed by atoms with van der Waals surface area (Å²) in [5.74, 6) is -0.586. The molecule has 0 radical (unpaired) electrons. The first-order valence-electron chi connectivity index (χ1n) is 6.90. The van der Waals surface area contributed by atoms with Gasteiger partial charge in [0.25, 0.3) is 0 Å². The molecule has 5 heteroatoms. The van der Waals surface area contributed by atoms with Gasteiger partial charge in [-0.3, -0.25) is 4.90 Å². The monoisotopic (exact) mass is 279 g/mol. The number of nitrogens with zero attached hydrogens (tertiary/aromatic N) is 2. The molecule has 3 N–H and O–H groups in total. The third-order valence-corrected chi connectivity index (χ3v) is 4.07. The molecule has 110 valence electrons. The first kappa shape index (κ1) is 14.8. The van der Waals surface area contributed by atoms with Gasteiger partial charge in [0.2, 0.25) is 0 Å². The smallest absolute Gasteiger partial charge is 0.173 e. The van der Waals surface area contributed by atoms with Crippen LogP contribution in [0.2, 0.25) is 0 Å². The van der Waals surface area contributed by atoms with Crippen molar-refractivity contribution in [2.24, 2.45) is 16.3 Å². The third-order valence-electron chi connectivity index (χ3n) is 4.07. The van der Waals surface area contributed by atoms with Crippen LogP contribution >= 0.6 is 0 Å². The second kappa shape index (κ2) is 5.79. The summed E-state index contributed by atoms with van der Waals surface area (Å²) in [4.78, 5) is 2.25. The fraction of sp³-hybridized carbons (Fsp3) is 0.533. The number of piperidine rings is 1. The first-order valence-corrected chi connectivity index (χ1v) is 6.90. The first-order chi connectivity index (χ1) is 9.43. The van der Waals surface area contributed by atoms with Crippen LogP contribution in [0.4, 0.5) is 4.39 Å². The third kappa shape index (κ3) is 3.28. The molecule has 1 aliphatic rings. The lowest BCUT2D eigenvalue weighted by Crippen LogP contribution is -2.37. The van der Waals surface area contributed by atoms with Crippen molar-refractivity contribution in [3.8, 4) is 0 Å². The lowest BCUT2D eigenvalue weighted by Gasteiger charge is -2.37. The fourth-order valence-electron chi connectivity index (χ4n) is 2.51. The minimum absolute atomic E-state index is 0.155. The maximum Gasteiger partial charge on any atom is 0.173 e. The van der Waals surface area contributed by atoms with Crippen molar-refractivity contribution in [2.45, 2.75) is 33.2 Å². The van der Waals surface area contributed by atoms with E-state index in [1.165, 1.54) is 6.07 Å². The summed E-state index contributed by atoms with van der Waals surface area (Å²) in [5, 5.41) is 11.5. The van der Waals surface area contributed by atoms with E-state index in [0.717, 1.165) is 25.9 Å². The molecule has 1 aromatic rings. The number of amidine groups is 1. The molecule has 20 heavy (non-hydrogen) atoms. The molecule has 0 spiro atoms. The van der Waals surface area contributed by atoms with Gasteiger partial charge >= 0.3 is 0 Å². The number of hydrogen-bond acceptors (Lipinski definition) is 3. The molecular formula is C15H22FN3O. The van der Waals surface area contributed by atoms with Crippen LogP contribution in [0.1, 0.15) is 37.8 Å². The second-order valence-electron chi connectivity index (χ2n) is 6.20. The van der Waals surface area contributed by atoms with Crippen molar-refractivity contribution in [1.82, 2.24) is 4.90 Å². The zero-order valence-electron chi connectivity index (χ0n) is 12.1. The molecule has 1 aromatic carbocycles. The van der Waals surface area contributed by atoms with Gasteiger partial charge in [0.1, 0.15) is 5.82 Å². The van der Waals surface area contributed by atoms with E-state index in [1.807, 2.05) is 0 Å². The molecule has 0 aromatic heterocycles. The van der Waals surface area contributed by atoms with Crippen molar-refractivity contribution in [2.75, 3.05) is 13.1 Å². The lowest BCUT2D eigenvalue weighted by atomic mass is 9.82. The molecule has 0 bridgehead atoms. The Labute approximate surface area is 119 Å². The van der Waals surface area contributed by atoms with Gasteiger partial charge < -0.3 is 10.9 Å². The van der Waals surface area contributed by atoms with Crippen molar-refractivity contribution < 1.29 is 9.60 Å². The van der Waals surface area contributed by atoms with Crippen LogP contribution in [0.25, 0.3) is 0 Å². The fourth-order valence-corrected chi connectivity index (χ4v) is 2.51. The summed E-state index contributed by atoms with van der Waals surface area (Å²) < 4.78 is 14.3. The predicted molar refractivity (Wildman–Crippen MR) is 77.2 cm³/mol. The van der Waals surface area contributed by atoms with E-state index in [-0.39, 0.29) is 11.4 Å². The number of likely N-dealkylation sites (tertiary alicyclic amines) is 1. The van der Waals surface area contributed by atoms with Crippen molar-refractivity contribution in [3.63, 3.8) is 0 Å². The lowest BCUT2D eigenvalue weighted by molar-refractivity contribution is 0.126. The van der Waals surface area contributed by atoms with Crippen LogP contribution in [0, 0.1) is 11.2 Å². The SMILES string of the molecule is CC1(C)CCN(Cc2cccc(/C(N)=N/O)c2F)CC1.